The van der Waals surface area contributed by atoms with E-state index in [1.54, 1.807) is 6.08 Å². The van der Waals surface area contributed by atoms with E-state index in [1.807, 2.05) is 27.2 Å². The minimum atomic E-state index is -4.61. The summed E-state index contributed by atoms with van der Waals surface area (Å²) in [7, 11) is 1.24. The highest BCUT2D eigenvalue weighted by Gasteiger charge is 2.23. The predicted molar refractivity (Wildman–Crippen MR) is 334 cm³/mol. The maximum Gasteiger partial charge on any atom is 0.268 e. The van der Waals surface area contributed by atoms with Crippen molar-refractivity contribution in [1.82, 2.24) is 5.32 Å². The highest BCUT2D eigenvalue weighted by atomic mass is 31.2. The first kappa shape index (κ1) is 75.5. The molecule has 0 fully saturated rings. The predicted octanol–water partition coefficient (Wildman–Crippen LogP) is 20.4. The monoisotopic (exact) mass is 1100 g/mol. The summed E-state index contributed by atoms with van der Waals surface area (Å²) >= 11 is 0. The number of amides is 1. The summed E-state index contributed by atoms with van der Waals surface area (Å²) in [6.45, 7) is 4.67. The molecule has 1 amide bonds. The second kappa shape index (κ2) is 59.1. The van der Waals surface area contributed by atoms with Gasteiger partial charge in [0.1, 0.15) is 13.2 Å². The maximum absolute atomic E-state index is 13.0. The third-order valence-corrected chi connectivity index (χ3v) is 16.2. The number of rotatable bonds is 62. The summed E-state index contributed by atoms with van der Waals surface area (Å²) in [4.78, 5) is 25.6. The van der Waals surface area contributed by atoms with E-state index in [0.29, 0.717) is 17.4 Å². The minimum Gasteiger partial charge on any atom is -0.756 e. The van der Waals surface area contributed by atoms with Crippen LogP contribution in [0.2, 0.25) is 0 Å². The molecule has 2 N–H and O–H groups in total. The van der Waals surface area contributed by atoms with Crippen molar-refractivity contribution in [1.29, 1.82) is 0 Å². The Morgan fingerprint density at radius 2 is 0.727 bits per heavy atom. The summed E-state index contributed by atoms with van der Waals surface area (Å²) < 4.78 is 23.4. The third-order valence-electron chi connectivity index (χ3n) is 15.2. The zero-order valence-electron chi connectivity index (χ0n) is 51.9. The lowest BCUT2D eigenvalue weighted by Crippen LogP contribution is -2.45. The first-order valence-corrected chi connectivity index (χ1v) is 35.0. The maximum atomic E-state index is 13.0. The Labute approximate surface area is 479 Å². The molecule has 0 aliphatic heterocycles. The first-order chi connectivity index (χ1) is 37.5. The van der Waals surface area contributed by atoms with Crippen molar-refractivity contribution in [2.75, 3.05) is 40.9 Å². The molecule has 0 heterocycles. The fraction of sp³-hybridized carbons (Fsp3) is 0.868. The molecule has 0 rings (SSSR count). The van der Waals surface area contributed by atoms with E-state index < -0.39 is 26.6 Å². The Kier molecular flexibility index (Phi) is 57.9. The fourth-order valence-corrected chi connectivity index (χ4v) is 10.7. The lowest BCUT2D eigenvalue weighted by atomic mass is 10.0. The molecule has 0 aromatic carbocycles. The number of quaternary nitrogens is 1. The smallest absolute Gasteiger partial charge is 0.268 e. The average Bonchev–Trinajstić information content (AvgIpc) is 3.39. The second-order valence-corrected chi connectivity index (χ2v) is 25.6. The number of carbonyl (C=O) groups excluding carboxylic acids is 1. The van der Waals surface area contributed by atoms with E-state index in [2.05, 4.69) is 55.6 Å². The van der Waals surface area contributed by atoms with Gasteiger partial charge in [0, 0.05) is 6.42 Å². The van der Waals surface area contributed by atoms with Crippen molar-refractivity contribution < 1.29 is 32.9 Å². The molecule has 0 saturated heterocycles. The van der Waals surface area contributed by atoms with Crippen LogP contribution in [-0.2, 0) is 18.4 Å². The van der Waals surface area contributed by atoms with Crippen LogP contribution in [0.1, 0.15) is 328 Å². The number of hydrogen-bond donors (Lipinski definition) is 2. The van der Waals surface area contributed by atoms with E-state index in [9.17, 15) is 19.4 Å². The Hall–Kier alpha value is -1.54. The van der Waals surface area contributed by atoms with Crippen LogP contribution in [0.4, 0.5) is 0 Å². The molecule has 0 aromatic rings. The number of aliphatic hydroxyl groups excluding tert-OH is 1. The number of allylic oxidation sites excluding steroid dienone is 7. The Bertz CT molecular complexity index is 1390. The van der Waals surface area contributed by atoms with Crippen LogP contribution < -0.4 is 10.2 Å². The van der Waals surface area contributed by atoms with E-state index in [1.165, 1.54) is 263 Å². The number of nitrogens with one attached hydrogen (secondary N) is 1. The summed E-state index contributed by atoms with van der Waals surface area (Å²) in [5.74, 6) is -0.207. The van der Waals surface area contributed by atoms with E-state index in [0.717, 1.165) is 44.9 Å². The first-order valence-electron chi connectivity index (χ1n) is 33.5. The van der Waals surface area contributed by atoms with E-state index in [-0.39, 0.29) is 12.5 Å². The average molecular weight is 1100 g/mol. The third kappa shape index (κ3) is 61.9. The number of phosphoric acid groups is 1. The molecule has 0 bridgehead atoms. The number of hydrogen-bond acceptors (Lipinski definition) is 6. The largest absolute Gasteiger partial charge is 0.756 e. The number of phosphoric ester groups is 1. The van der Waals surface area contributed by atoms with Crippen molar-refractivity contribution in [2.24, 2.45) is 0 Å². The van der Waals surface area contributed by atoms with Crippen molar-refractivity contribution in [2.45, 2.75) is 341 Å². The van der Waals surface area contributed by atoms with Crippen molar-refractivity contribution in [3.8, 4) is 0 Å². The van der Waals surface area contributed by atoms with Gasteiger partial charge < -0.3 is 28.8 Å². The highest BCUT2D eigenvalue weighted by molar-refractivity contribution is 7.45. The Morgan fingerprint density at radius 3 is 1.05 bits per heavy atom. The quantitative estimate of drug-likeness (QED) is 0.0272. The fourth-order valence-electron chi connectivity index (χ4n) is 10.0. The molecule has 0 radical (unpaired) electrons. The summed E-state index contributed by atoms with van der Waals surface area (Å²) in [5, 5.41) is 13.9. The lowest BCUT2D eigenvalue weighted by molar-refractivity contribution is -0.870. The molecule has 454 valence electrons. The van der Waals surface area contributed by atoms with Gasteiger partial charge in [0.2, 0.25) is 5.91 Å². The Morgan fingerprint density at radius 1 is 0.442 bits per heavy atom. The summed E-state index contributed by atoms with van der Waals surface area (Å²) in [6, 6.07) is -0.912. The van der Waals surface area contributed by atoms with Crippen LogP contribution in [0.25, 0.3) is 0 Å². The number of unbranched alkanes of at least 4 members (excludes halogenated alkanes) is 43. The Balaban J connectivity index is 4.16. The zero-order valence-corrected chi connectivity index (χ0v) is 52.8. The topological polar surface area (TPSA) is 108 Å². The normalized spacial score (nSPS) is 14.0. The number of likely N-dealkylation sites (N-methyl/N-ethyl adjacent to an activating group) is 1. The molecule has 0 aromatic heterocycles. The molecule has 3 unspecified atom stereocenters. The number of carbonyl (C=O) groups is 1. The van der Waals surface area contributed by atoms with Gasteiger partial charge in [-0.25, -0.2) is 0 Å². The molecule has 9 heteroatoms. The van der Waals surface area contributed by atoms with Crippen LogP contribution >= 0.6 is 7.82 Å². The molecule has 77 heavy (non-hydrogen) atoms. The van der Waals surface area contributed by atoms with Crippen LogP contribution in [0.5, 0.6) is 0 Å². The minimum absolute atomic E-state index is 0.00879. The highest BCUT2D eigenvalue weighted by Crippen LogP contribution is 2.38. The van der Waals surface area contributed by atoms with Gasteiger partial charge in [0.05, 0.1) is 39.9 Å². The zero-order chi connectivity index (χ0) is 56.3. The van der Waals surface area contributed by atoms with Crippen molar-refractivity contribution in [3.05, 3.63) is 48.6 Å². The van der Waals surface area contributed by atoms with Crippen molar-refractivity contribution >= 4 is 13.7 Å². The van der Waals surface area contributed by atoms with Gasteiger partial charge in [-0.05, 0) is 70.6 Å². The summed E-state index contributed by atoms with van der Waals surface area (Å²) in [5.41, 5.74) is 0. The lowest BCUT2D eigenvalue weighted by Gasteiger charge is -2.29. The SMILES string of the molecule is CCCCCCCCCC/C=C\CCCCCCCCCCCCCCCC(=O)NC(COP(=O)([O-])OCC[N+](C)(C)C)C(O)/C=C/CC/C=C/CC/C=C/CCCCCCCCCCCCCCCCCCCCCC. The van der Waals surface area contributed by atoms with Crippen LogP contribution in [0.3, 0.4) is 0 Å². The molecule has 0 saturated carbocycles. The number of nitrogens with zero attached hydrogens (tertiary/aromatic N) is 1. The van der Waals surface area contributed by atoms with E-state index >= 15 is 0 Å². The molecule has 3 atom stereocenters. The molecular weight excluding hydrogens is 972 g/mol. The van der Waals surface area contributed by atoms with Gasteiger partial charge >= 0.3 is 0 Å². The molecule has 8 nitrogen and oxygen atoms in total. The standard InChI is InChI=1S/C68H131N2O6P/c1-6-8-10-12-14-16-18-20-22-24-26-28-30-32-33-34-35-36-38-39-41-43-45-47-49-51-53-55-57-59-61-67(71)66(65-76-77(73,74)75-64-63-70(3,4)5)69-68(72)62-60-58-56-54-52-50-48-46-44-42-40-37-31-29-27-25-23-21-19-17-15-13-11-9-7-2/h25,27,43,45,51,53,59,61,66-67,71H,6-24,26,28-42,44,46-50,52,54-58,60,62-65H2,1-5H3,(H-,69,72,73,74)/b27-25-,45-43+,53-51+,61-59+. The van der Waals surface area contributed by atoms with Gasteiger partial charge in [-0.15, -0.1) is 0 Å². The molecule has 0 aliphatic carbocycles. The van der Waals surface area contributed by atoms with Crippen LogP contribution in [0, 0.1) is 0 Å². The van der Waals surface area contributed by atoms with Crippen LogP contribution in [0.15, 0.2) is 48.6 Å². The van der Waals surface area contributed by atoms with Gasteiger partial charge in [0.25, 0.3) is 7.82 Å². The van der Waals surface area contributed by atoms with Crippen molar-refractivity contribution in [3.63, 3.8) is 0 Å². The van der Waals surface area contributed by atoms with Gasteiger partial charge in [0.15, 0.2) is 0 Å². The van der Waals surface area contributed by atoms with Crippen LogP contribution in [-0.4, -0.2) is 68.5 Å². The molecule has 0 aliphatic rings. The van der Waals surface area contributed by atoms with Gasteiger partial charge in [-0.3, -0.25) is 9.36 Å². The summed E-state index contributed by atoms with van der Waals surface area (Å²) in [6.07, 6.45) is 79.4. The molecule has 0 spiro atoms. The number of aliphatic hydroxyl groups is 1. The molecular formula is C68H131N2O6P. The van der Waals surface area contributed by atoms with Gasteiger partial charge in [-0.1, -0.05) is 300 Å². The second-order valence-electron chi connectivity index (χ2n) is 24.2. The van der Waals surface area contributed by atoms with Gasteiger partial charge in [-0.2, -0.15) is 0 Å². The van der Waals surface area contributed by atoms with E-state index in [4.69, 9.17) is 9.05 Å².